The zero-order chi connectivity index (χ0) is 12.3. The molecule has 0 amide bonds. The first kappa shape index (κ1) is 11.9. The van der Waals surface area contributed by atoms with E-state index in [1.165, 1.54) is 5.56 Å². The van der Waals surface area contributed by atoms with Gasteiger partial charge in [0.15, 0.2) is 0 Å². The van der Waals surface area contributed by atoms with Crippen molar-refractivity contribution in [1.82, 2.24) is 24.6 Å². The lowest BCUT2D eigenvalue weighted by molar-refractivity contribution is 0.585. The molecule has 2 heterocycles. The summed E-state index contributed by atoms with van der Waals surface area (Å²) < 4.78 is 4.04. The molecule has 0 aliphatic heterocycles. The van der Waals surface area contributed by atoms with Gasteiger partial charge in [0.1, 0.15) is 5.82 Å². The van der Waals surface area contributed by atoms with Crippen LogP contribution >= 0.6 is 0 Å². The van der Waals surface area contributed by atoms with Gasteiger partial charge in [0.25, 0.3) is 0 Å². The molecule has 2 aromatic rings. The van der Waals surface area contributed by atoms with Crippen LogP contribution in [0.1, 0.15) is 17.1 Å². The third-order valence-electron chi connectivity index (χ3n) is 2.90. The molecule has 0 aliphatic carbocycles. The van der Waals surface area contributed by atoms with Gasteiger partial charge < -0.3 is 9.88 Å². The highest BCUT2D eigenvalue weighted by Crippen LogP contribution is 2.06. The number of rotatable bonds is 5. The van der Waals surface area contributed by atoms with Gasteiger partial charge in [-0.25, -0.2) is 4.98 Å². The Morgan fingerprint density at radius 1 is 1.41 bits per heavy atom. The predicted octanol–water partition coefficient (Wildman–Crippen LogP) is 0.887. The smallest absolute Gasteiger partial charge is 0.110 e. The summed E-state index contributed by atoms with van der Waals surface area (Å²) in [5.74, 6) is 1.09. The summed E-state index contributed by atoms with van der Waals surface area (Å²) in [7, 11) is 3.97. The van der Waals surface area contributed by atoms with E-state index in [-0.39, 0.29) is 0 Å². The zero-order valence-corrected chi connectivity index (χ0v) is 10.6. The average Bonchev–Trinajstić information content (AvgIpc) is 2.84. The van der Waals surface area contributed by atoms with Gasteiger partial charge in [0.05, 0.1) is 5.69 Å². The van der Waals surface area contributed by atoms with Crippen LogP contribution in [0.2, 0.25) is 0 Å². The first-order valence-corrected chi connectivity index (χ1v) is 5.84. The molecule has 0 aliphatic rings. The normalized spacial score (nSPS) is 11.0. The molecule has 5 nitrogen and oxygen atoms in total. The lowest BCUT2D eigenvalue weighted by Crippen LogP contribution is -2.06. The second-order valence-electron chi connectivity index (χ2n) is 4.24. The Morgan fingerprint density at radius 3 is 2.88 bits per heavy atom. The molecule has 92 valence electrons. The van der Waals surface area contributed by atoms with Crippen molar-refractivity contribution < 1.29 is 0 Å². The van der Waals surface area contributed by atoms with Crippen LogP contribution in [0.5, 0.6) is 0 Å². The number of aryl methyl sites for hydroxylation is 4. The number of hydrogen-bond acceptors (Lipinski definition) is 3. The predicted molar refractivity (Wildman–Crippen MR) is 66.6 cm³/mol. The largest absolute Gasteiger partial charge is 0.338 e. The molecule has 0 fully saturated rings. The summed E-state index contributed by atoms with van der Waals surface area (Å²) in [6.07, 6.45) is 6.81. The first-order valence-electron chi connectivity index (χ1n) is 5.84. The lowest BCUT2D eigenvalue weighted by atomic mass is 10.3. The fourth-order valence-corrected chi connectivity index (χ4v) is 1.89. The van der Waals surface area contributed by atoms with Gasteiger partial charge >= 0.3 is 0 Å². The minimum Gasteiger partial charge on any atom is -0.338 e. The van der Waals surface area contributed by atoms with E-state index in [1.54, 1.807) is 0 Å². The van der Waals surface area contributed by atoms with E-state index in [1.807, 2.05) is 42.7 Å². The molecule has 0 atom stereocenters. The highest BCUT2D eigenvalue weighted by Gasteiger charge is 2.05. The molecule has 1 N–H and O–H groups in total. The lowest BCUT2D eigenvalue weighted by Gasteiger charge is -2.02. The zero-order valence-electron chi connectivity index (χ0n) is 10.6. The van der Waals surface area contributed by atoms with Crippen LogP contribution in [0.3, 0.4) is 0 Å². The number of hydrogen-bond donors (Lipinski definition) is 1. The van der Waals surface area contributed by atoms with Gasteiger partial charge in [-0.2, -0.15) is 5.10 Å². The van der Waals surface area contributed by atoms with Crippen molar-refractivity contribution in [2.45, 2.75) is 26.4 Å². The summed E-state index contributed by atoms with van der Waals surface area (Å²) >= 11 is 0. The molecule has 2 rings (SSSR count). The first-order chi connectivity index (χ1) is 8.20. The molecule has 0 saturated heterocycles. The van der Waals surface area contributed by atoms with Crippen LogP contribution in [0.15, 0.2) is 18.6 Å². The van der Waals surface area contributed by atoms with E-state index in [0.717, 1.165) is 31.0 Å². The van der Waals surface area contributed by atoms with Crippen LogP contribution in [-0.2, 0) is 26.6 Å². The molecule has 2 aromatic heterocycles. The highest BCUT2D eigenvalue weighted by molar-refractivity contribution is 5.15. The molecule has 17 heavy (non-hydrogen) atoms. The minimum absolute atomic E-state index is 0.869. The maximum atomic E-state index is 4.50. The molecule has 0 aromatic carbocycles. The van der Waals surface area contributed by atoms with Crippen LogP contribution < -0.4 is 5.32 Å². The highest BCUT2D eigenvalue weighted by atomic mass is 15.3. The summed E-state index contributed by atoms with van der Waals surface area (Å²) in [6.45, 7) is 3.79. The van der Waals surface area contributed by atoms with Gasteiger partial charge in [-0.1, -0.05) is 0 Å². The van der Waals surface area contributed by atoms with Crippen molar-refractivity contribution in [3.8, 4) is 0 Å². The van der Waals surface area contributed by atoms with E-state index >= 15 is 0 Å². The van der Waals surface area contributed by atoms with E-state index in [4.69, 9.17) is 0 Å². The van der Waals surface area contributed by atoms with Gasteiger partial charge in [-0.3, -0.25) is 4.68 Å². The van der Waals surface area contributed by atoms with Crippen molar-refractivity contribution in [3.05, 3.63) is 35.7 Å². The second kappa shape index (κ2) is 5.14. The summed E-state index contributed by atoms with van der Waals surface area (Å²) in [6, 6.07) is 0. The van der Waals surface area contributed by atoms with Crippen molar-refractivity contribution in [3.63, 3.8) is 0 Å². The molecule has 0 saturated carbocycles. The van der Waals surface area contributed by atoms with Crippen molar-refractivity contribution in [1.29, 1.82) is 0 Å². The standard InChI is InChI=1S/C12H19N5/c1-10-11(8-13-2)9-17(15-10)6-4-12-14-5-7-16(12)3/h5,7,9,13H,4,6,8H2,1-3H3. The summed E-state index contributed by atoms with van der Waals surface area (Å²) in [5.41, 5.74) is 2.35. The van der Waals surface area contributed by atoms with Gasteiger partial charge in [-0.05, 0) is 14.0 Å². The molecule has 0 bridgehead atoms. The van der Waals surface area contributed by atoms with E-state index in [9.17, 15) is 0 Å². The molecule has 0 spiro atoms. The van der Waals surface area contributed by atoms with Crippen molar-refractivity contribution in [2.75, 3.05) is 7.05 Å². The van der Waals surface area contributed by atoms with Crippen LogP contribution in [0.25, 0.3) is 0 Å². The van der Waals surface area contributed by atoms with E-state index in [0.29, 0.717) is 0 Å². The fraction of sp³-hybridized carbons (Fsp3) is 0.500. The average molecular weight is 233 g/mol. The molecular weight excluding hydrogens is 214 g/mol. The Bertz CT molecular complexity index is 483. The summed E-state index contributed by atoms with van der Waals surface area (Å²) in [5, 5.41) is 7.65. The molecule has 0 unspecified atom stereocenters. The van der Waals surface area contributed by atoms with Crippen molar-refractivity contribution >= 4 is 0 Å². The Labute approximate surface area is 101 Å². The van der Waals surface area contributed by atoms with Crippen LogP contribution in [0, 0.1) is 6.92 Å². The number of nitrogens with one attached hydrogen (secondary N) is 1. The van der Waals surface area contributed by atoms with Gasteiger partial charge in [0.2, 0.25) is 0 Å². The SMILES string of the molecule is CNCc1cn(CCc2nccn2C)nc1C. The van der Waals surface area contributed by atoms with Crippen molar-refractivity contribution in [2.24, 2.45) is 7.05 Å². The van der Waals surface area contributed by atoms with E-state index < -0.39 is 0 Å². The monoisotopic (exact) mass is 233 g/mol. The minimum atomic E-state index is 0.869. The topological polar surface area (TPSA) is 47.7 Å². The fourth-order valence-electron chi connectivity index (χ4n) is 1.89. The van der Waals surface area contributed by atoms with Crippen LogP contribution in [-0.4, -0.2) is 26.4 Å². The van der Waals surface area contributed by atoms with E-state index in [2.05, 4.69) is 21.6 Å². The Kier molecular flexibility index (Phi) is 3.58. The Balaban J connectivity index is 2.00. The maximum Gasteiger partial charge on any atom is 0.110 e. The number of nitrogens with zero attached hydrogens (tertiary/aromatic N) is 4. The second-order valence-corrected chi connectivity index (χ2v) is 4.24. The maximum absolute atomic E-state index is 4.50. The molecule has 0 radical (unpaired) electrons. The number of imidazole rings is 1. The van der Waals surface area contributed by atoms with Gasteiger partial charge in [0, 0.05) is 50.7 Å². The Hall–Kier alpha value is -1.62. The Morgan fingerprint density at radius 2 is 2.24 bits per heavy atom. The third kappa shape index (κ3) is 2.74. The third-order valence-corrected chi connectivity index (χ3v) is 2.90. The molecular formula is C12H19N5. The summed E-state index contributed by atoms with van der Waals surface area (Å²) in [4.78, 5) is 4.31. The van der Waals surface area contributed by atoms with Crippen LogP contribution in [0.4, 0.5) is 0 Å². The number of aromatic nitrogens is 4. The molecule has 5 heteroatoms. The quantitative estimate of drug-likeness (QED) is 0.834. The van der Waals surface area contributed by atoms with Gasteiger partial charge in [-0.15, -0.1) is 0 Å².